The standard InChI is InChI=1S/C16H18N4O4/c1-10-7-11(5-6-24-10)15(21)17-12-3-2-4-13(8-12)20-9-14(16(22)23)18-19-20/h2-4,8-11H,5-7H2,1H3,(H,17,21)(H,22,23). The van der Waals surface area contributed by atoms with Crippen LogP contribution in [0.5, 0.6) is 0 Å². The molecule has 1 aromatic heterocycles. The van der Waals surface area contributed by atoms with Gasteiger partial charge in [-0.15, -0.1) is 5.10 Å². The second kappa shape index (κ2) is 6.79. The molecule has 1 aromatic carbocycles. The van der Waals surface area contributed by atoms with E-state index < -0.39 is 5.97 Å². The number of aromatic carboxylic acids is 1. The molecule has 2 unspecified atom stereocenters. The van der Waals surface area contributed by atoms with E-state index >= 15 is 0 Å². The number of aromatic nitrogens is 3. The van der Waals surface area contributed by atoms with Gasteiger partial charge in [-0.05, 0) is 38.0 Å². The van der Waals surface area contributed by atoms with Crippen molar-refractivity contribution < 1.29 is 19.4 Å². The monoisotopic (exact) mass is 330 g/mol. The molecular weight excluding hydrogens is 312 g/mol. The molecule has 8 nitrogen and oxygen atoms in total. The zero-order chi connectivity index (χ0) is 17.1. The van der Waals surface area contributed by atoms with Crippen molar-refractivity contribution in [2.45, 2.75) is 25.9 Å². The van der Waals surface area contributed by atoms with Gasteiger partial charge >= 0.3 is 5.97 Å². The molecule has 3 rings (SSSR count). The lowest BCUT2D eigenvalue weighted by Gasteiger charge is -2.26. The van der Waals surface area contributed by atoms with Crippen LogP contribution in [0.3, 0.4) is 0 Å². The third-order valence-electron chi connectivity index (χ3n) is 3.95. The fourth-order valence-electron chi connectivity index (χ4n) is 2.69. The largest absolute Gasteiger partial charge is 0.476 e. The summed E-state index contributed by atoms with van der Waals surface area (Å²) in [5, 5.41) is 19.2. The number of anilines is 1. The molecule has 1 aliphatic heterocycles. The number of carbonyl (C=O) groups is 2. The highest BCUT2D eigenvalue weighted by molar-refractivity contribution is 5.92. The summed E-state index contributed by atoms with van der Waals surface area (Å²) in [4.78, 5) is 23.3. The zero-order valence-electron chi connectivity index (χ0n) is 13.2. The van der Waals surface area contributed by atoms with Gasteiger partial charge in [-0.3, -0.25) is 4.79 Å². The maximum Gasteiger partial charge on any atom is 0.358 e. The van der Waals surface area contributed by atoms with E-state index in [-0.39, 0.29) is 23.6 Å². The molecule has 2 aromatic rings. The summed E-state index contributed by atoms with van der Waals surface area (Å²) in [7, 11) is 0. The summed E-state index contributed by atoms with van der Waals surface area (Å²) < 4.78 is 6.82. The van der Waals surface area contributed by atoms with E-state index in [1.165, 1.54) is 10.9 Å². The van der Waals surface area contributed by atoms with Gasteiger partial charge in [0.15, 0.2) is 5.69 Å². The highest BCUT2D eigenvalue weighted by Crippen LogP contribution is 2.22. The Morgan fingerprint density at radius 1 is 1.42 bits per heavy atom. The van der Waals surface area contributed by atoms with E-state index in [1.54, 1.807) is 24.3 Å². The molecule has 24 heavy (non-hydrogen) atoms. The minimum atomic E-state index is -1.14. The minimum Gasteiger partial charge on any atom is -0.476 e. The van der Waals surface area contributed by atoms with E-state index in [4.69, 9.17) is 9.84 Å². The van der Waals surface area contributed by atoms with Gasteiger partial charge in [-0.1, -0.05) is 11.3 Å². The maximum absolute atomic E-state index is 12.4. The number of nitrogens with one attached hydrogen (secondary N) is 1. The number of amides is 1. The number of carboxylic acids is 1. The Morgan fingerprint density at radius 2 is 2.25 bits per heavy atom. The second-order valence-corrected chi connectivity index (χ2v) is 5.80. The number of hydrogen-bond donors (Lipinski definition) is 2. The SMILES string of the molecule is CC1CC(C(=O)Nc2cccc(-n3cc(C(=O)O)nn3)c2)CCO1. The van der Waals surface area contributed by atoms with Crippen molar-refractivity contribution in [2.24, 2.45) is 5.92 Å². The van der Waals surface area contributed by atoms with Crippen LogP contribution in [0.4, 0.5) is 5.69 Å². The topological polar surface area (TPSA) is 106 Å². The van der Waals surface area contributed by atoms with Crippen LogP contribution in [-0.2, 0) is 9.53 Å². The van der Waals surface area contributed by atoms with Gasteiger partial charge in [0.05, 0.1) is 18.0 Å². The van der Waals surface area contributed by atoms with Gasteiger partial charge in [0.25, 0.3) is 0 Å². The highest BCUT2D eigenvalue weighted by Gasteiger charge is 2.25. The Hall–Kier alpha value is -2.74. The molecule has 2 heterocycles. The van der Waals surface area contributed by atoms with Gasteiger partial charge in [-0.25, -0.2) is 9.48 Å². The van der Waals surface area contributed by atoms with Crippen molar-refractivity contribution in [3.63, 3.8) is 0 Å². The van der Waals surface area contributed by atoms with E-state index in [1.807, 2.05) is 6.92 Å². The van der Waals surface area contributed by atoms with Gasteiger partial charge in [0.2, 0.25) is 5.91 Å². The van der Waals surface area contributed by atoms with E-state index in [0.717, 1.165) is 0 Å². The molecule has 8 heteroatoms. The quantitative estimate of drug-likeness (QED) is 0.884. The Labute approximate surface area is 138 Å². The Morgan fingerprint density at radius 3 is 2.96 bits per heavy atom. The molecule has 1 amide bonds. The van der Waals surface area contributed by atoms with Crippen molar-refractivity contribution in [1.82, 2.24) is 15.0 Å². The summed E-state index contributed by atoms with van der Waals surface area (Å²) in [5.41, 5.74) is 1.11. The number of hydrogen-bond acceptors (Lipinski definition) is 5. The average molecular weight is 330 g/mol. The lowest BCUT2D eigenvalue weighted by molar-refractivity contribution is -0.124. The number of rotatable bonds is 4. The summed E-state index contributed by atoms with van der Waals surface area (Å²) in [5.74, 6) is -1.24. The molecule has 0 radical (unpaired) electrons. The van der Waals surface area contributed by atoms with Crippen LogP contribution in [0.1, 0.15) is 30.3 Å². The van der Waals surface area contributed by atoms with Crippen molar-refractivity contribution in [2.75, 3.05) is 11.9 Å². The summed E-state index contributed by atoms with van der Waals surface area (Å²) in [6, 6.07) is 7.02. The third kappa shape index (κ3) is 3.60. The molecule has 0 spiro atoms. The normalized spacial score (nSPS) is 20.5. The van der Waals surface area contributed by atoms with Gasteiger partial charge in [-0.2, -0.15) is 0 Å². The first-order valence-corrected chi connectivity index (χ1v) is 7.71. The molecule has 126 valence electrons. The molecule has 2 atom stereocenters. The molecule has 2 N–H and O–H groups in total. The number of carbonyl (C=O) groups excluding carboxylic acids is 1. The molecular formula is C16H18N4O4. The van der Waals surface area contributed by atoms with Crippen LogP contribution in [0.2, 0.25) is 0 Å². The van der Waals surface area contributed by atoms with Gasteiger partial charge < -0.3 is 15.2 Å². The molecule has 0 bridgehead atoms. The lowest BCUT2D eigenvalue weighted by atomic mass is 9.95. The number of benzene rings is 1. The van der Waals surface area contributed by atoms with Crippen molar-refractivity contribution in [3.8, 4) is 5.69 Å². The highest BCUT2D eigenvalue weighted by atomic mass is 16.5. The minimum absolute atomic E-state index is 0.0351. The van der Waals surface area contributed by atoms with Gasteiger partial charge in [0.1, 0.15) is 0 Å². The maximum atomic E-state index is 12.4. The molecule has 0 saturated carbocycles. The fourth-order valence-corrected chi connectivity index (χ4v) is 2.69. The average Bonchev–Trinajstić information content (AvgIpc) is 3.05. The van der Waals surface area contributed by atoms with Crippen molar-refractivity contribution >= 4 is 17.6 Å². The first kappa shape index (κ1) is 16.1. The summed E-state index contributed by atoms with van der Waals surface area (Å²) in [6.07, 6.45) is 2.83. The van der Waals surface area contributed by atoms with Crippen LogP contribution in [0, 0.1) is 5.92 Å². The Balaban J connectivity index is 1.72. The molecule has 0 aliphatic carbocycles. The fraction of sp³-hybridized carbons (Fsp3) is 0.375. The molecule has 1 saturated heterocycles. The first-order valence-electron chi connectivity index (χ1n) is 7.71. The Kier molecular flexibility index (Phi) is 4.57. The number of carboxylic acid groups (broad SMARTS) is 1. The van der Waals surface area contributed by atoms with Crippen molar-refractivity contribution in [3.05, 3.63) is 36.2 Å². The smallest absolute Gasteiger partial charge is 0.358 e. The summed E-state index contributed by atoms with van der Waals surface area (Å²) >= 11 is 0. The van der Waals surface area contributed by atoms with E-state index in [0.29, 0.717) is 30.8 Å². The lowest BCUT2D eigenvalue weighted by Crippen LogP contribution is -2.32. The van der Waals surface area contributed by atoms with Crippen LogP contribution in [-0.4, -0.2) is 44.7 Å². The van der Waals surface area contributed by atoms with Gasteiger partial charge in [0, 0.05) is 18.2 Å². The molecule has 1 aliphatic rings. The van der Waals surface area contributed by atoms with Crippen LogP contribution in [0.25, 0.3) is 5.69 Å². The number of nitrogens with zero attached hydrogens (tertiary/aromatic N) is 3. The summed E-state index contributed by atoms with van der Waals surface area (Å²) in [6.45, 7) is 2.56. The Bertz CT molecular complexity index is 758. The van der Waals surface area contributed by atoms with Crippen LogP contribution in [0.15, 0.2) is 30.5 Å². The van der Waals surface area contributed by atoms with Crippen LogP contribution >= 0.6 is 0 Å². The van der Waals surface area contributed by atoms with Crippen LogP contribution < -0.4 is 5.32 Å². The first-order chi connectivity index (χ1) is 11.5. The number of ether oxygens (including phenoxy) is 1. The van der Waals surface area contributed by atoms with E-state index in [9.17, 15) is 9.59 Å². The molecule has 1 fully saturated rings. The third-order valence-corrected chi connectivity index (χ3v) is 3.95. The van der Waals surface area contributed by atoms with E-state index in [2.05, 4.69) is 15.6 Å². The second-order valence-electron chi connectivity index (χ2n) is 5.80. The van der Waals surface area contributed by atoms with Crippen molar-refractivity contribution in [1.29, 1.82) is 0 Å². The predicted molar refractivity (Wildman–Crippen MR) is 85.1 cm³/mol. The predicted octanol–water partition coefficient (Wildman–Crippen LogP) is 1.72. The zero-order valence-corrected chi connectivity index (χ0v) is 13.2.